The van der Waals surface area contributed by atoms with Crippen molar-refractivity contribution in [3.8, 4) is 0 Å². The second kappa shape index (κ2) is 2.77. The lowest BCUT2D eigenvalue weighted by Crippen LogP contribution is -2.67. The van der Waals surface area contributed by atoms with Gasteiger partial charge in [0, 0.05) is 26.1 Å². The average molecular weight is 156 g/mol. The van der Waals surface area contributed by atoms with Crippen LogP contribution in [0.1, 0.15) is 12.8 Å². The highest BCUT2D eigenvalue weighted by Gasteiger charge is 2.30. The summed E-state index contributed by atoms with van der Waals surface area (Å²) in [6.07, 6.45) is 1.79. The molecule has 0 saturated carbocycles. The minimum Gasteiger partial charge on any atom is -0.273 e. The molecule has 2 rings (SSSR count). The van der Waals surface area contributed by atoms with Gasteiger partial charge in [0.1, 0.15) is 0 Å². The highest BCUT2D eigenvalue weighted by atomic mass is 16.2. The lowest BCUT2D eigenvalue weighted by atomic mass is 10.2. The standard InChI is InChI=1S/C6H12N4O/c11-6-2-5-9(6)10-7-3-1-4-8-10/h7-8H,1-5H2. The SMILES string of the molecule is O=C1CCN1N1NCCCN1. The van der Waals surface area contributed by atoms with Gasteiger partial charge >= 0.3 is 0 Å². The molecule has 2 fully saturated rings. The fraction of sp³-hybridized carbons (Fsp3) is 0.833. The van der Waals surface area contributed by atoms with Crippen LogP contribution in [0.25, 0.3) is 0 Å². The monoisotopic (exact) mass is 156 g/mol. The Morgan fingerprint density at radius 1 is 1.27 bits per heavy atom. The maximum atomic E-state index is 10.9. The second-order valence-electron chi connectivity index (χ2n) is 2.75. The molecular weight excluding hydrogens is 144 g/mol. The van der Waals surface area contributed by atoms with E-state index >= 15 is 0 Å². The second-order valence-corrected chi connectivity index (χ2v) is 2.75. The van der Waals surface area contributed by atoms with E-state index in [4.69, 9.17) is 0 Å². The van der Waals surface area contributed by atoms with Crippen LogP contribution in [0.3, 0.4) is 0 Å². The first-order valence-electron chi connectivity index (χ1n) is 3.95. The van der Waals surface area contributed by atoms with Crippen molar-refractivity contribution >= 4 is 5.91 Å². The van der Waals surface area contributed by atoms with Gasteiger partial charge in [-0.25, -0.2) is 15.9 Å². The van der Waals surface area contributed by atoms with Crippen LogP contribution in [0.4, 0.5) is 0 Å². The number of hydrogen-bond acceptors (Lipinski definition) is 4. The fourth-order valence-electron chi connectivity index (χ4n) is 1.20. The van der Waals surface area contributed by atoms with E-state index in [0.717, 1.165) is 26.1 Å². The molecule has 0 radical (unpaired) electrons. The molecule has 2 saturated heterocycles. The van der Waals surface area contributed by atoms with Crippen LogP contribution in [-0.2, 0) is 4.79 Å². The van der Waals surface area contributed by atoms with Crippen LogP contribution in [0.2, 0.25) is 0 Å². The largest absolute Gasteiger partial charge is 0.273 e. The first kappa shape index (κ1) is 7.02. The van der Waals surface area contributed by atoms with E-state index < -0.39 is 0 Å². The lowest BCUT2D eigenvalue weighted by Gasteiger charge is -2.42. The third-order valence-electron chi connectivity index (χ3n) is 1.94. The molecule has 0 aromatic rings. The summed E-state index contributed by atoms with van der Waals surface area (Å²) < 4.78 is 0. The van der Waals surface area contributed by atoms with Crippen LogP contribution < -0.4 is 10.9 Å². The topological polar surface area (TPSA) is 47.6 Å². The molecule has 0 aliphatic carbocycles. The number of amides is 1. The highest BCUT2D eigenvalue weighted by Crippen LogP contribution is 2.09. The molecule has 2 aliphatic rings. The number of hydrazine groups is 3. The maximum absolute atomic E-state index is 10.9. The zero-order valence-corrected chi connectivity index (χ0v) is 6.34. The van der Waals surface area contributed by atoms with Crippen LogP contribution >= 0.6 is 0 Å². The molecule has 2 aliphatic heterocycles. The van der Waals surface area contributed by atoms with E-state index in [1.54, 1.807) is 10.2 Å². The van der Waals surface area contributed by atoms with E-state index in [1.165, 1.54) is 0 Å². The summed E-state index contributed by atoms with van der Waals surface area (Å²) in [7, 11) is 0. The Balaban J connectivity index is 1.88. The van der Waals surface area contributed by atoms with Crippen molar-refractivity contribution < 1.29 is 4.79 Å². The number of carbonyl (C=O) groups excluding carboxylic acids is 1. The van der Waals surface area contributed by atoms with E-state index in [0.29, 0.717) is 6.42 Å². The zero-order chi connectivity index (χ0) is 7.68. The van der Waals surface area contributed by atoms with E-state index in [1.807, 2.05) is 0 Å². The average Bonchev–Trinajstić information content (AvgIpc) is 2.04. The molecule has 0 atom stereocenters. The van der Waals surface area contributed by atoms with Crippen molar-refractivity contribution in [2.24, 2.45) is 0 Å². The summed E-state index contributed by atoms with van der Waals surface area (Å²) in [5.41, 5.74) is 6.16. The summed E-state index contributed by atoms with van der Waals surface area (Å²) in [5, 5.41) is 3.38. The van der Waals surface area contributed by atoms with Crippen molar-refractivity contribution in [1.29, 1.82) is 0 Å². The summed E-state index contributed by atoms with van der Waals surface area (Å²) in [5.74, 6) is 0.187. The molecule has 11 heavy (non-hydrogen) atoms. The Morgan fingerprint density at radius 2 is 2.00 bits per heavy atom. The minimum absolute atomic E-state index is 0.187. The van der Waals surface area contributed by atoms with Gasteiger partial charge in [0.2, 0.25) is 5.91 Å². The molecule has 62 valence electrons. The van der Waals surface area contributed by atoms with Crippen molar-refractivity contribution in [3.63, 3.8) is 0 Å². The number of hydrogen-bond donors (Lipinski definition) is 2. The molecule has 5 heteroatoms. The molecule has 0 unspecified atom stereocenters. The molecular formula is C6H12N4O. The fourth-order valence-corrected chi connectivity index (χ4v) is 1.20. The van der Waals surface area contributed by atoms with E-state index in [9.17, 15) is 4.79 Å². The number of carbonyl (C=O) groups is 1. The molecule has 0 aromatic carbocycles. The molecule has 5 nitrogen and oxygen atoms in total. The van der Waals surface area contributed by atoms with Gasteiger partial charge in [-0.3, -0.25) is 4.79 Å². The molecule has 2 heterocycles. The van der Waals surface area contributed by atoms with Gasteiger partial charge in [-0.2, -0.15) is 0 Å². The smallest absolute Gasteiger partial charge is 0.240 e. The highest BCUT2D eigenvalue weighted by molar-refractivity contribution is 5.80. The predicted molar refractivity (Wildman–Crippen MR) is 38.8 cm³/mol. The van der Waals surface area contributed by atoms with Gasteiger partial charge in [-0.1, -0.05) is 5.23 Å². The van der Waals surface area contributed by atoms with E-state index in [-0.39, 0.29) is 5.91 Å². The molecule has 1 amide bonds. The van der Waals surface area contributed by atoms with Gasteiger partial charge in [0.05, 0.1) is 0 Å². The lowest BCUT2D eigenvalue weighted by molar-refractivity contribution is -0.188. The van der Waals surface area contributed by atoms with Gasteiger partial charge in [-0.15, -0.1) is 0 Å². The van der Waals surface area contributed by atoms with Gasteiger partial charge < -0.3 is 0 Å². The molecule has 0 spiro atoms. The van der Waals surface area contributed by atoms with Crippen LogP contribution in [0.5, 0.6) is 0 Å². The zero-order valence-electron chi connectivity index (χ0n) is 6.34. The Labute approximate surface area is 65.2 Å². The number of β-lactam (4-membered cyclic amide) rings is 1. The number of rotatable bonds is 1. The summed E-state index contributed by atoms with van der Waals surface area (Å²) in [6.45, 7) is 2.71. The number of nitrogens with zero attached hydrogens (tertiary/aromatic N) is 2. The Bertz CT molecular complexity index is 166. The van der Waals surface area contributed by atoms with E-state index in [2.05, 4.69) is 10.9 Å². The van der Waals surface area contributed by atoms with Crippen molar-refractivity contribution in [2.75, 3.05) is 19.6 Å². The third-order valence-corrected chi connectivity index (χ3v) is 1.94. The van der Waals surface area contributed by atoms with Gasteiger partial charge in [0.25, 0.3) is 0 Å². The minimum atomic E-state index is 0.187. The Morgan fingerprint density at radius 3 is 2.45 bits per heavy atom. The van der Waals surface area contributed by atoms with Crippen LogP contribution in [-0.4, -0.2) is 35.8 Å². The maximum Gasteiger partial charge on any atom is 0.240 e. The van der Waals surface area contributed by atoms with Crippen LogP contribution in [0.15, 0.2) is 0 Å². The Kier molecular flexibility index (Phi) is 1.77. The summed E-state index contributed by atoms with van der Waals surface area (Å²) >= 11 is 0. The predicted octanol–water partition coefficient (Wildman–Crippen LogP) is -1.15. The normalized spacial score (nSPS) is 26.9. The summed E-state index contributed by atoms with van der Waals surface area (Å²) in [4.78, 5) is 10.9. The first-order chi connectivity index (χ1) is 5.38. The van der Waals surface area contributed by atoms with Gasteiger partial charge in [0.15, 0.2) is 0 Å². The Hall–Kier alpha value is -0.650. The van der Waals surface area contributed by atoms with Gasteiger partial charge in [-0.05, 0) is 6.42 Å². The third kappa shape index (κ3) is 1.22. The first-order valence-corrected chi connectivity index (χ1v) is 3.95. The van der Waals surface area contributed by atoms with Crippen molar-refractivity contribution in [2.45, 2.75) is 12.8 Å². The summed E-state index contributed by atoms with van der Waals surface area (Å²) in [6, 6.07) is 0. The molecule has 0 aromatic heterocycles. The van der Waals surface area contributed by atoms with Crippen molar-refractivity contribution in [3.05, 3.63) is 0 Å². The van der Waals surface area contributed by atoms with Crippen LogP contribution in [0, 0.1) is 0 Å². The molecule has 0 bridgehead atoms. The molecule has 2 N–H and O–H groups in total. The van der Waals surface area contributed by atoms with Crippen molar-refractivity contribution in [1.82, 2.24) is 21.1 Å². The quantitative estimate of drug-likeness (QED) is 0.471. The number of nitrogens with one attached hydrogen (secondary N) is 2.